The molecule has 0 radical (unpaired) electrons. The number of aryl methyl sites for hydroxylation is 1. The van der Waals surface area contributed by atoms with Gasteiger partial charge in [-0.2, -0.15) is 0 Å². The molecule has 0 saturated carbocycles. The fourth-order valence-corrected chi connectivity index (χ4v) is 4.22. The highest BCUT2D eigenvalue weighted by atomic mass is 16.6. The molecule has 1 aliphatic rings. The Kier molecular flexibility index (Phi) is 8.31. The summed E-state index contributed by atoms with van der Waals surface area (Å²) < 4.78 is 18.5. The van der Waals surface area contributed by atoms with E-state index in [0.29, 0.717) is 5.82 Å². The summed E-state index contributed by atoms with van der Waals surface area (Å²) in [5.74, 6) is -2.40. The minimum atomic E-state index is -1.92. The van der Waals surface area contributed by atoms with Gasteiger partial charge in [-0.05, 0) is 25.7 Å². The normalized spacial score (nSPS) is 25.1. The lowest BCUT2D eigenvalue weighted by atomic mass is 9.95. The van der Waals surface area contributed by atoms with Crippen molar-refractivity contribution in [3.63, 3.8) is 0 Å². The van der Waals surface area contributed by atoms with E-state index in [-0.39, 0.29) is 34.3 Å². The number of hydrogen-bond donors (Lipinski definition) is 5. The van der Waals surface area contributed by atoms with E-state index < -0.39 is 60.6 Å². The second kappa shape index (κ2) is 10.8. The largest absolute Gasteiger partial charge is 0.462 e. The molecule has 0 aromatic carbocycles. The number of aromatic nitrogens is 3. The standard InChI is InChI=1S/C24H37N7O7/c1-9(2)15(25)21(33)36-8-13-17(38-22(34)16(26)10(3)4)24(6,35)23(37-13)31-7-12(19(28)32)14-18(27)29-11(5)30-20(14)31/h7,9-10,13,15-17,23,35H,8,25-26H2,1-6H3,(H2,28,32)(H2,27,29,30)/t13-,15+,16?,17-,23-,24-/m1/s1. The number of esters is 2. The van der Waals surface area contributed by atoms with Crippen molar-refractivity contribution >= 4 is 34.7 Å². The molecular formula is C24H37N7O7. The maximum atomic E-state index is 12.8. The van der Waals surface area contributed by atoms with Crippen molar-refractivity contribution in [2.24, 2.45) is 29.0 Å². The van der Waals surface area contributed by atoms with Gasteiger partial charge >= 0.3 is 11.9 Å². The molecule has 6 atom stereocenters. The first kappa shape index (κ1) is 29.2. The highest BCUT2D eigenvalue weighted by Crippen LogP contribution is 2.43. The van der Waals surface area contributed by atoms with Gasteiger partial charge in [-0.25, -0.2) is 9.97 Å². The van der Waals surface area contributed by atoms with Gasteiger partial charge in [0.1, 0.15) is 47.7 Å². The molecule has 1 amide bonds. The number of hydrogen-bond acceptors (Lipinski definition) is 12. The van der Waals surface area contributed by atoms with Crippen LogP contribution < -0.4 is 22.9 Å². The van der Waals surface area contributed by atoms with Crippen LogP contribution in [0.1, 0.15) is 57.0 Å². The topological polar surface area (TPSA) is 234 Å². The van der Waals surface area contributed by atoms with Crippen LogP contribution >= 0.6 is 0 Å². The summed E-state index contributed by atoms with van der Waals surface area (Å²) in [5, 5.41) is 11.9. The van der Waals surface area contributed by atoms with Crippen LogP contribution in [0.25, 0.3) is 11.0 Å². The fraction of sp³-hybridized carbons (Fsp3) is 0.625. The highest BCUT2D eigenvalue weighted by molar-refractivity contribution is 6.08. The molecule has 1 unspecified atom stereocenters. The van der Waals surface area contributed by atoms with Crippen molar-refractivity contribution in [1.82, 2.24) is 14.5 Å². The van der Waals surface area contributed by atoms with Crippen molar-refractivity contribution in [1.29, 1.82) is 0 Å². The van der Waals surface area contributed by atoms with Crippen molar-refractivity contribution in [3.05, 3.63) is 17.6 Å². The van der Waals surface area contributed by atoms with Gasteiger partial charge in [-0.3, -0.25) is 14.4 Å². The lowest BCUT2D eigenvalue weighted by Crippen LogP contribution is -2.50. The third kappa shape index (κ3) is 5.43. The van der Waals surface area contributed by atoms with E-state index in [1.807, 2.05) is 0 Å². The number of amides is 1. The molecule has 1 fully saturated rings. The zero-order valence-electron chi connectivity index (χ0n) is 22.4. The molecule has 9 N–H and O–H groups in total. The zero-order valence-corrected chi connectivity index (χ0v) is 22.4. The van der Waals surface area contributed by atoms with E-state index in [1.165, 1.54) is 17.7 Å². The molecule has 1 aliphatic heterocycles. The van der Waals surface area contributed by atoms with Crippen LogP contribution in [0.2, 0.25) is 0 Å². The van der Waals surface area contributed by atoms with Crippen LogP contribution in [-0.4, -0.2) is 74.0 Å². The predicted octanol–water partition coefficient (Wildman–Crippen LogP) is -0.509. The lowest BCUT2D eigenvalue weighted by Gasteiger charge is -2.31. The number of carbonyl (C=O) groups is 3. The van der Waals surface area contributed by atoms with Crippen LogP contribution in [0.5, 0.6) is 0 Å². The van der Waals surface area contributed by atoms with Gasteiger partial charge < -0.3 is 46.8 Å². The second-order valence-electron chi connectivity index (χ2n) is 10.4. The Hall–Kier alpha value is -3.33. The maximum absolute atomic E-state index is 12.8. The SMILES string of the molecule is Cc1nc(N)c2c(C(N)=O)cn([C@@H]3O[C@H](COC(=O)[C@@H](N)C(C)C)[C@@H](OC(=O)C(N)C(C)C)[C@@]3(C)O)c2n1. The summed E-state index contributed by atoms with van der Waals surface area (Å²) in [6, 6.07) is -1.87. The monoisotopic (exact) mass is 535 g/mol. The smallest absolute Gasteiger partial charge is 0.323 e. The minimum Gasteiger partial charge on any atom is -0.462 e. The molecule has 14 heteroatoms. The Morgan fingerprint density at radius 3 is 2.26 bits per heavy atom. The molecule has 2 aromatic rings. The average Bonchev–Trinajstić information content (AvgIpc) is 3.31. The average molecular weight is 536 g/mol. The van der Waals surface area contributed by atoms with E-state index >= 15 is 0 Å². The van der Waals surface area contributed by atoms with Gasteiger partial charge in [0.15, 0.2) is 12.3 Å². The van der Waals surface area contributed by atoms with Gasteiger partial charge in [0, 0.05) is 6.20 Å². The summed E-state index contributed by atoms with van der Waals surface area (Å²) >= 11 is 0. The third-order valence-electron chi connectivity index (χ3n) is 6.66. The number of nitrogens with zero attached hydrogens (tertiary/aromatic N) is 3. The van der Waals surface area contributed by atoms with E-state index in [4.69, 9.17) is 37.1 Å². The Balaban J connectivity index is 2.06. The number of ether oxygens (including phenoxy) is 3. The number of fused-ring (bicyclic) bond motifs is 1. The molecule has 3 heterocycles. The molecule has 14 nitrogen and oxygen atoms in total. The summed E-state index contributed by atoms with van der Waals surface area (Å²) in [6.07, 6.45) is -2.40. The molecule has 1 saturated heterocycles. The summed E-state index contributed by atoms with van der Waals surface area (Å²) in [6.45, 7) is 9.61. The molecule has 210 valence electrons. The zero-order chi connectivity index (χ0) is 28.7. The number of aliphatic hydroxyl groups is 1. The van der Waals surface area contributed by atoms with E-state index in [1.54, 1.807) is 34.6 Å². The molecule has 38 heavy (non-hydrogen) atoms. The van der Waals surface area contributed by atoms with Gasteiger partial charge in [0.25, 0.3) is 5.91 Å². The quantitative estimate of drug-likeness (QED) is 0.255. The van der Waals surface area contributed by atoms with E-state index in [2.05, 4.69) is 9.97 Å². The van der Waals surface area contributed by atoms with Crippen molar-refractivity contribution in [2.45, 2.75) is 77.7 Å². The molecule has 0 spiro atoms. The van der Waals surface area contributed by atoms with Crippen LogP contribution in [0.15, 0.2) is 6.20 Å². The number of rotatable bonds is 9. The van der Waals surface area contributed by atoms with Gasteiger partial charge in [0.2, 0.25) is 0 Å². The first-order chi connectivity index (χ1) is 17.6. The Labute approximate surface area is 220 Å². The number of anilines is 1. The third-order valence-corrected chi connectivity index (χ3v) is 6.66. The number of nitrogen functional groups attached to an aromatic ring is 1. The highest BCUT2D eigenvalue weighted by Gasteiger charge is 2.57. The van der Waals surface area contributed by atoms with E-state index in [9.17, 15) is 19.5 Å². The Bertz CT molecular complexity index is 1230. The number of nitrogens with two attached hydrogens (primary N) is 4. The van der Waals surface area contributed by atoms with Crippen LogP contribution in [-0.2, 0) is 23.8 Å². The molecule has 0 aliphatic carbocycles. The van der Waals surface area contributed by atoms with Crippen molar-refractivity contribution in [3.8, 4) is 0 Å². The van der Waals surface area contributed by atoms with Crippen LogP contribution in [0, 0.1) is 18.8 Å². The maximum Gasteiger partial charge on any atom is 0.323 e. The first-order valence-electron chi connectivity index (χ1n) is 12.3. The summed E-state index contributed by atoms with van der Waals surface area (Å²) in [4.78, 5) is 45.9. The fourth-order valence-electron chi connectivity index (χ4n) is 4.22. The second-order valence-corrected chi connectivity index (χ2v) is 10.4. The van der Waals surface area contributed by atoms with Gasteiger partial charge in [-0.15, -0.1) is 0 Å². The summed E-state index contributed by atoms with van der Waals surface area (Å²) in [7, 11) is 0. The Morgan fingerprint density at radius 2 is 1.71 bits per heavy atom. The van der Waals surface area contributed by atoms with E-state index in [0.717, 1.165) is 0 Å². The summed E-state index contributed by atoms with van der Waals surface area (Å²) in [5.41, 5.74) is 21.7. The van der Waals surface area contributed by atoms with Gasteiger partial charge in [-0.1, -0.05) is 27.7 Å². The minimum absolute atomic E-state index is 0.00468. The predicted molar refractivity (Wildman–Crippen MR) is 136 cm³/mol. The first-order valence-corrected chi connectivity index (χ1v) is 12.3. The molecule has 0 bridgehead atoms. The number of carbonyl (C=O) groups excluding carboxylic acids is 3. The molecule has 2 aromatic heterocycles. The molecular weight excluding hydrogens is 498 g/mol. The number of primary amides is 1. The van der Waals surface area contributed by atoms with Crippen molar-refractivity contribution < 1.29 is 33.7 Å². The lowest BCUT2D eigenvalue weighted by molar-refractivity contribution is -0.168. The van der Waals surface area contributed by atoms with Crippen molar-refractivity contribution in [2.75, 3.05) is 12.3 Å². The Morgan fingerprint density at radius 1 is 1.13 bits per heavy atom. The van der Waals surface area contributed by atoms with Crippen LogP contribution in [0.3, 0.4) is 0 Å². The van der Waals surface area contributed by atoms with Gasteiger partial charge in [0.05, 0.1) is 10.9 Å². The molecule has 3 rings (SSSR count). The van der Waals surface area contributed by atoms with Crippen LogP contribution in [0.4, 0.5) is 5.82 Å².